The average Bonchev–Trinajstić information content (AvgIpc) is 2.56. The van der Waals surface area contributed by atoms with E-state index in [2.05, 4.69) is 15.8 Å². The summed E-state index contributed by atoms with van der Waals surface area (Å²) in [5.74, 6) is -1.27. The summed E-state index contributed by atoms with van der Waals surface area (Å²) in [6.07, 6.45) is 1.02. The summed E-state index contributed by atoms with van der Waals surface area (Å²) in [4.78, 5) is 21.6. The Hall–Kier alpha value is -3.13. The first kappa shape index (κ1) is 17.2. The molecular weight excluding hydrogens is 336 g/mol. The van der Waals surface area contributed by atoms with Crippen LogP contribution in [0.4, 0.5) is 11.4 Å². The second-order valence-corrected chi connectivity index (χ2v) is 5.05. The predicted octanol–water partition coefficient (Wildman–Crippen LogP) is 1.88. The van der Waals surface area contributed by atoms with Gasteiger partial charge in [-0.15, -0.1) is 0 Å². The number of carbonyl (C=O) groups is 1. The number of hydrazone groups is 1. The van der Waals surface area contributed by atoms with E-state index in [0.717, 1.165) is 18.0 Å². The van der Waals surface area contributed by atoms with Gasteiger partial charge in [0, 0.05) is 16.8 Å². The molecule has 0 saturated heterocycles. The maximum Gasteiger partial charge on any atom is 0.263 e. The normalized spacial score (nSPS) is 10.5. The van der Waals surface area contributed by atoms with Gasteiger partial charge in [0.1, 0.15) is 0 Å². The van der Waals surface area contributed by atoms with Crippen LogP contribution in [0.1, 0.15) is 5.56 Å². The van der Waals surface area contributed by atoms with Crippen molar-refractivity contribution in [2.24, 2.45) is 5.10 Å². The number of halogens is 1. The Kier molecular flexibility index (Phi) is 5.69. The highest BCUT2D eigenvalue weighted by molar-refractivity contribution is 6.31. The fourth-order valence-corrected chi connectivity index (χ4v) is 2.00. The molecule has 0 heterocycles. The van der Waals surface area contributed by atoms with Crippen molar-refractivity contribution in [1.29, 1.82) is 0 Å². The van der Waals surface area contributed by atoms with Crippen LogP contribution >= 0.6 is 11.6 Å². The Morgan fingerprint density at radius 1 is 1.29 bits per heavy atom. The summed E-state index contributed by atoms with van der Waals surface area (Å²) in [7, 11) is 0. The quantitative estimate of drug-likeness (QED) is 0.469. The molecule has 0 unspecified atom stereocenters. The fraction of sp³-hybridized carbons (Fsp3) is 0.0667. The first-order valence-electron chi connectivity index (χ1n) is 6.73. The molecule has 0 saturated carbocycles. The molecule has 0 spiro atoms. The number of hydrogen-bond donors (Lipinski definition) is 2. The molecule has 2 aromatic rings. The monoisotopic (exact) mass is 347 g/mol. The van der Waals surface area contributed by atoms with Gasteiger partial charge in [0.05, 0.1) is 17.7 Å². The number of rotatable bonds is 6. The van der Waals surface area contributed by atoms with Crippen molar-refractivity contribution in [2.75, 3.05) is 11.9 Å². The molecule has 0 fully saturated rings. The van der Waals surface area contributed by atoms with Crippen molar-refractivity contribution >= 4 is 35.1 Å². The molecule has 0 aromatic heterocycles. The SMILES string of the molecule is O=C(CNc1ccccc1)N/N=C\c1cc(Cl)cc([N+](=O)[O-])c1[O-]. The number of amides is 1. The first-order chi connectivity index (χ1) is 11.5. The first-order valence-corrected chi connectivity index (χ1v) is 7.11. The smallest absolute Gasteiger partial charge is 0.263 e. The maximum atomic E-state index is 11.8. The molecule has 24 heavy (non-hydrogen) atoms. The van der Waals surface area contributed by atoms with Gasteiger partial charge in [-0.1, -0.05) is 29.8 Å². The van der Waals surface area contributed by atoms with E-state index in [1.54, 1.807) is 12.1 Å². The second kappa shape index (κ2) is 7.93. The zero-order chi connectivity index (χ0) is 17.5. The Labute approximate surface area is 141 Å². The molecule has 8 nitrogen and oxygen atoms in total. The van der Waals surface area contributed by atoms with Crippen LogP contribution in [0.25, 0.3) is 0 Å². The largest absolute Gasteiger partial charge is 0.867 e. The maximum absolute atomic E-state index is 11.8. The van der Waals surface area contributed by atoms with Crippen molar-refractivity contribution < 1.29 is 14.8 Å². The van der Waals surface area contributed by atoms with Crippen LogP contribution in [0.5, 0.6) is 5.75 Å². The van der Waals surface area contributed by atoms with Crippen LogP contribution in [0, 0.1) is 10.1 Å². The third-order valence-electron chi connectivity index (χ3n) is 2.88. The number of nitrogens with zero attached hydrogens (tertiary/aromatic N) is 2. The molecule has 0 radical (unpaired) electrons. The van der Waals surface area contributed by atoms with Gasteiger partial charge in [0.15, 0.2) is 0 Å². The van der Waals surface area contributed by atoms with Crippen molar-refractivity contribution in [2.45, 2.75) is 0 Å². The van der Waals surface area contributed by atoms with Gasteiger partial charge in [-0.05, 0) is 29.5 Å². The molecule has 0 aliphatic carbocycles. The molecule has 0 aliphatic heterocycles. The Morgan fingerprint density at radius 2 is 2.00 bits per heavy atom. The summed E-state index contributed by atoms with van der Waals surface area (Å²) >= 11 is 5.72. The van der Waals surface area contributed by atoms with Crippen LogP contribution < -0.4 is 15.8 Å². The van der Waals surface area contributed by atoms with Gasteiger partial charge in [-0.25, -0.2) is 5.43 Å². The number of nitrogens with one attached hydrogen (secondary N) is 2. The third-order valence-corrected chi connectivity index (χ3v) is 3.10. The van der Waals surface area contributed by atoms with Crippen LogP contribution in [-0.4, -0.2) is 23.6 Å². The highest BCUT2D eigenvalue weighted by Gasteiger charge is 2.11. The summed E-state index contributed by atoms with van der Waals surface area (Å²) < 4.78 is 0. The summed E-state index contributed by atoms with van der Waals surface area (Å²) in [5, 5.41) is 29.1. The van der Waals surface area contributed by atoms with Gasteiger partial charge in [-0.3, -0.25) is 14.9 Å². The van der Waals surface area contributed by atoms with Crippen molar-refractivity contribution in [3.05, 3.63) is 63.2 Å². The zero-order valence-corrected chi connectivity index (χ0v) is 13.0. The predicted molar refractivity (Wildman–Crippen MR) is 88.2 cm³/mol. The minimum atomic E-state index is -0.829. The number of nitro groups is 1. The van der Waals surface area contributed by atoms with E-state index in [0.29, 0.717) is 0 Å². The number of nitro benzene ring substituents is 1. The van der Waals surface area contributed by atoms with Gasteiger partial charge in [-0.2, -0.15) is 5.10 Å². The Bertz CT molecular complexity index is 781. The van der Waals surface area contributed by atoms with E-state index in [1.165, 1.54) is 6.07 Å². The molecule has 1 amide bonds. The molecule has 9 heteroatoms. The van der Waals surface area contributed by atoms with E-state index >= 15 is 0 Å². The van der Waals surface area contributed by atoms with Crippen LogP contribution in [0.3, 0.4) is 0 Å². The Balaban J connectivity index is 1.96. The highest BCUT2D eigenvalue weighted by Crippen LogP contribution is 2.29. The minimum absolute atomic E-state index is 0.0265. The highest BCUT2D eigenvalue weighted by atomic mass is 35.5. The molecule has 2 rings (SSSR count). The Morgan fingerprint density at radius 3 is 2.67 bits per heavy atom. The van der Waals surface area contributed by atoms with Crippen LogP contribution in [0.2, 0.25) is 5.02 Å². The summed E-state index contributed by atoms with van der Waals surface area (Å²) in [6, 6.07) is 11.3. The average molecular weight is 348 g/mol. The second-order valence-electron chi connectivity index (χ2n) is 4.61. The van der Waals surface area contributed by atoms with E-state index < -0.39 is 22.3 Å². The van der Waals surface area contributed by atoms with E-state index in [1.807, 2.05) is 18.2 Å². The lowest BCUT2D eigenvalue weighted by Gasteiger charge is -2.10. The topological polar surface area (TPSA) is 120 Å². The van der Waals surface area contributed by atoms with Crippen LogP contribution in [-0.2, 0) is 4.79 Å². The number of carbonyl (C=O) groups excluding carboxylic acids is 1. The molecule has 2 N–H and O–H groups in total. The number of hydrogen-bond acceptors (Lipinski definition) is 6. The zero-order valence-electron chi connectivity index (χ0n) is 12.2. The van der Waals surface area contributed by atoms with E-state index in [9.17, 15) is 20.0 Å². The van der Waals surface area contributed by atoms with E-state index in [4.69, 9.17) is 11.6 Å². The molecule has 2 aromatic carbocycles. The van der Waals surface area contributed by atoms with Crippen molar-refractivity contribution in [1.82, 2.24) is 5.43 Å². The number of anilines is 1. The van der Waals surface area contributed by atoms with Crippen molar-refractivity contribution in [3.63, 3.8) is 0 Å². The van der Waals surface area contributed by atoms with Gasteiger partial charge < -0.3 is 10.4 Å². The molecular formula is C15H12ClN4O4-. The third kappa shape index (κ3) is 4.68. The molecule has 0 atom stereocenters. The number of para-hydroxylation sites is 1. The molecule has 0 aliphatic rings. The molecule has 0 bridgehead atoms. The van der Waals surface area contributed by atoms with Gasteiger partial charge in [0.2, 0.25) is 0 Å². The van der Waals surface area contributed by atoms with Gasteiger partial charge >= 0.3 is 0 Å². The van der Waals surface area contributed by atoms with Crippen molar-refractivity contribution in [3.8, 4) is 5.75 Å². The summed E-state index contributed by atoms with van der Waals surface area (Å²) in [5.41, 5.74) is 2.24. The fourth-order valence-electron chi connectivity index (χ4n) is 1.78. The van der Waals surface area contributed by atoms with E-state index in [-0.39, 0.29) is 17.1 Å². The van der Waals surface area contributed by atoms with Crippen LogP contribution in [0.15, 0.2) is 47.6 Å². The molecule has 124 valence electrons. The minimum Gasteiger partial charge on any atom is -0.867 e. The lowest BCUT2D eigenvalue weighted by atomic mass is 10.2. The lowest BCUT2D eigenvalue weighted by Crippen LogP contribution is -2.25. The summed E-state index contributed by atoms with van der Waals surface area (Å²) in [6.45, 7) is -0.0265. The standard InChI is InChI=1S/C15H13ClN4O4/c16-11-6-10(15(22)13(7-11)20(23)24)8-18-19-14(21)9-17-12-4-2-1-3-5-12/h1-8,17,22H,9H2,(H,19,21)/p-1/b18-8-. The van der Waals surface area contributed by atoms with Gasteiger partial charge in [0.25, 0.3) is 11.6 Å². The number of benzene rings is 2. The lowest BCUT2D eigenvalue weighted by molar-refractivity contribution is -0.398.